The van der Waals surface area contributed by atoms with Crippen molar-refractivity contribution in [1.29, 1.82) is 0 Å². The second-order valence-corrected chi connectivity index (χ2v) is 9.37. The largest absolute Gasteiger partial charge is 0.340 e. The van der Waals surface area contributed by atoms with Crippen LogP contribution in [0.4, 0.5) is 10.5 Å². The molecule has 2 aromatic carbocycles. The van der Waals surface area contributed by atoms with Crippen molar-refractivity contribution in [2.75, 3.05) is 25.0 Å². The number of urea groups is 1. The summed E-state index contributed by atoms with van der Waals surface area (Å²) in [6.45, 7) is 2.00. The van der Waals surface area contributed by atoms with Crippen LogP contribution in [0.3, 0.4) is 0 Å². The average molecular weight is 529 g/mol. The van der Waals surface area contributed by atoms with Crippen molar-refractivity contribution in [3.05, 3.63) is 80.3 Å². The number of nitrogens with one attached hydrogen (secondary N) is 3. The van der Waals surface area contributed by atoms with Gasteiger partial charge < -0.3 is 20.5 Å². The van der Waals surface area contributed by atoms with Crippen LogP contribution in [0.2, 0.25) is 20.1 Å². The van der Waals surface area contributed by atoms with Crippen LogP contribution >= 0.6 is 46.4 Å². The Labute approximate surface area is 213 Å². The van der Waals surface area contributed by atoms with Crippen LogP contribution in [0.25, 0.3) is 0 Å². The van der Waals surface area contributed by atoms with Crippen molar-refractivity contribution in [1.82, 2.24) is 20.2 Å². The second kappa shape index (κ2) is 12.5. The van der Waals surface area contributed by atoms with Gasteiger partial charge in [-0.2, -0.15) is 0 Å². The molecule has 176 valence electrons. The minimum Gasteiger partial charge on any atom is -0.340 e. The van der Waals surface area contributed by atoms with Crippen molar-refractivity contribution in [2.24, 2.45) is 7.05 Å². The molecular formula is C23H25Cl4N5O. The molecule has 33 heavy (non-hydrogen) atoms. The van der Waals surface area contributed by atoms with Gasteiger partial charge in [0.1, 0.15) is 0 Å². The second-order valence-electron chi connectivity index (χ2n) is 7.68. The number of aryl methyl sites for hydroxylation is 1. The zero-order chi connectivity index (χ0) is 23.8. The zero-order valence-corrected chi connectivity index (χ0v) is 21.1. The molecule has 3 N–H and O–H groups in total. The van der Waals surface area contributed by atoms with E-state index >= 15 is 0 Å². The summed E-state index contributed by atoms with van der Waals surface area (Å²) in [5.41, 5.74) is 2.57. The summed E-state index contributed by atoms with van der Waals surface area (Å²) in [6.07, 6.45) is 5.45. The Morgan fingerprint density at radius 1 is 1.03 bits per heavy atom. The third-order valence-corrected chi connectivity index (χ3v) is 6.21. The number of rotatable bonds is 10. The summed E-state index contributed by atoms with van der Waals surface area (Å²) in [6, 6.07) is 10.1. The normalized spacial score (nSPS) is 11.9. The van der Waals surface area contributed by atoms with Crippen LogP contribution in [-0.2, 0) is 13.5 Å². The molecule has 0 saturated carbocycles. The van der Waals surface area contributed by atoms with E-state index in [1.165, 1.54) is 0 Å². The fraction of sp³-hybridized carbons (Fsp3) is 0.304. The molecule has 0 radical (unpaired) electrons. The molecule has 1 atom stereocenters. The quantitative estimate of drug-likeness (QED) is 0.276. The van der Waals surface area contributed by atoms with Crippen LogP contribution in [0.1, 0.15) is 23.6 Å². The Morgan fingerprint density at radius 3 is 2.45 bits per heavy atom. The van der Waals surface area contributed by atoms with E-state index in [-0.39, 0.29) is 11.9 Å². The number of imidazole rings is 1. The van der Waals surface area contributed by atoms with E-state index in [0.29, 0.717) is 32.3 Å². The first kappa shape index (κ1) is 25.7. The molecule has 3 rings (SSSR count). The molecule has 2 amide bonds. The van der Waals surface area contributed by atoms with Crippen molar-refractivity contribution < 1.29 is 4.79 Å². The van der Waals surface area contributed by atoms with Crippen molar-refractivity contribution >= 4 is 58.1 Å². The van der Waals surface area contributed by atoms with Crippen LogP contribution in [0.5, 0.6) is 0 Å². The standard InChI is InChI=1S/C23H25Cl4N5O/c1-32-13-19(30-14-32)5-7-28-6-4-16(15-2-3-21(26)22(27)8-15)12-29-23(33)31-20-10-17(24)9-18(25)11-20/h2-3,8-11,13-14,16,28H,4-7,12H2,1H3,(H2,29,31,33). The highest BCUT2D eigenvalue weighted by Gasteiger charge is 2.15. The Bertz CT molecular complexity index is 1070. The van der Waals surface area contributed by atoms with E-state index in [1.54, 1.807) is 30.6 Å². The van der Waals surface area contributed by atoms with E-state index < -0.39 is 0 Å². The number of benzene rings is 2. The summed E-state index contributed by atoms with van der Waals surface area (Å²) in [5, 5.41) is 11.0. The Morgan fingerprint density at radius 2 is 1.79 bits per heavy atom. The maximum absolute atomic E-state index is 12.4. The molecule has 0 aliphatic carbocycles. The average Bonchev–Trinajstić information content (AvgIpc) is 3.16. The maximum Gasteiger partial charge on any atom is 0.319 e. The minimum absolute atomic E-state index is 0.0378. The highest BCUT2D eigenvalue weighted by Crippen LogP contribution is 2.28. The molecule has 0 spiro atoms. The van der Waals surface area contributed by atoms with Gasteiger partial charge in [0.15, 0.2) is 0 Å². The molecule has 10 heteroatoms. The van der Waals surface area contributed by atoms with Gasteiger partial charge in [0.25, 0.3) is 0 Å². The van der Waals surface area contributed by atoms with Crippen molar-refractivity contribution in [3.8, 4) is 0 Å². The molecule has 0 fully saturated rings. The number of anilines is 1. The number of nitrogens with zero attached hydrogens (tertiary/aromatic N) is 2. The minimum atomic E-state index is -0.346. The van der Waals surface area contributed by atoms with Gasteiger partial charge in [-0.15, -0.1) is 0 Å². The summed E-state index contributed by atoms with van der Waals surface area (Å²) in [7, 11) is 1.95. The molecule has 0 aliphatic rings. The smallest absolute Gasteiger partial charge is 0.319 e. The van der Waals surface area contributed by atoms with Gasteiger partial charge in [-0.05, 0) is 48.9 Å². The van der Waals surface area contributed by atoms with E-state index in [1.807, 2.05) is 29.9 Å². The first-order valence-electron chi connectivity index (χ1n) is 10.4. The number of hydrogen-bond donors (Lipinski definition) is 3. The molecule has 1 aromatic heterocycles. The SMILES string of the molecule is Cn1cnc(CCNCCC(CNC(=O)Nc2cc(Cl)cc(Cl)c2)c2ccc(Cl)c(Cl)c2)c1. The van der Waals surface area contributed by atoms with Gasteiger partial charge in [-0.25, -0.2) is 9.78 Å². The molecule has 1 unspecified atom stereocenters. The lowest BCUT2D eigenvalue weighted by molar-refractivity contribution is 0.251. The van der Waals surface area contributed by atoms with Crippen LogP contribution < -0.4 is 16.0 Å². The van der Waals surface area contributed by atoms with Gasteiger partial charge in [-0.3, -0.25) is 0 Å². The van der Waals surface area contributed by atoms with Gasteiger partial charge in [0, 0.05) is 54.4 Å². The van der Waals surface area contributed by atoms with E-state index in [4.69, 9.17) is 46.4 Å². The summed E-state index contributed by atoms with van der Waals surface area (Å²) in [5.74, 6) is 0.0378. The van der Waals surface area contributed by atoms with Crippen LogP contribution in [0, 0.1) is 0 Å². The lowest BCUT2D eigenvalue weighted by Crippen LogP contribution is -2.33. The van der Waals surface area contributed by atoms with Gasteiger partial charge in [0.2, 0.25) is 0 Å². The van der Waals surface area contributed by atoms with Gasteiger partial charge in [0.05, 0.1) is 22.1 Å². The van der Waals surface area contributed by atoms with Gasteiger partial charge in [-0.1, -0.05) is 52.5 Å². The maximum atomic E-state index is 12.4. The molecule has 0 aliphatic heterocycles. The highest BCUT2D eigenvalue weighted by atomic mass is 35.5. The Hall–Kier alpha value is -1.96. The number of aromatic nitrogens is 2. The summed E-state index contributed by atoms with van der Waals surface area (Å²) in [4.78, 5) is 16.8. The lowest BCUT2D eigenvalue weighted by Gasteiger charge is -2.19. The van der Waals surface area contributed by atoms with E-state index in [2.05, 4.69) is 20.9 Å². The summed E-state index contributed by atoms with van der Waals surface area (Å²) < 4.78 is 1.93. The monoisotopic (exact) mass is 527 g/mol. The third kappa shape index (κ3) is 8.40. The molecule has 3 aromatic rings. The molecular weight excluding hydrogens is 504 g/mol. The first-order valence-corrected chi connectivity index (χ1v) is 11.9. The van der Waals surface area contributed by atoms with E-state index in [0.717, 1.165) is 37.2 Å². The zero-order valence-electron chi connectivity index (χ0n) is 18.0. The summed E-state index contributed by atoms with van der Waals surface area (Å²) >= 11 is 24.3. The fourth-order valence-corrected chi connectivity index (χ4v) is 4.22. The number of carbonyl (C=O) groups is 1. The number of carbonyl (C=O) groups excluding carboxylic acids is 1. The lowest BCUT2D eigenvalue weighted by atomic mass is 9.95. The van der Waals surface area contributed by atoms with Crippen LogP contribution in [-0.4, -0.2) is 35.2 Å². The third-order valence-electron chi connectivity index (χ3n) is 5.03. The van der Waals surface area contributed by atoms with Crippen LogP contribution in [0.15, 0.2) is 48.9 Å². The molecule has 0 saturated heterocycles. The van der Waals surface area contributed by atoms with E-state index in [9.17, 15) is 4.79 Å². The van der Waals surface area contributed by atoms with Crippen molar-refractivity contribution in [2.45, 2.75) is 18.8 Å². The number of hydrogen-bond acceptors (Lipinski definition) is 3. The van der Waals surface area contributed by atoms with Crippen molar-refractivity contribution in [3.63, 3.8) is 0 Å². The van der Waals surface area contributed by atoms with Gasteiger partial charge >= 0.3 is 6.03 Å². The Balaban J connectivity index is 1.55. The number of amides is 2. The number of halogens is 4. The predicted molar refractivity (Wildman–Crippen MR) is 137 cm³/mol. The highest BCUT2D eigenvalue weighted by molar-refractivity contribution is 6.42. The fourth-order valence-electron chi connectivity index (χ4n) is 3.38. The molecule has 6 nitrogen and oxygen atoms in total. The first-order chi connectivity index (χ1) is 15.8. The molecule has 1 heterocycles. The molecule has 0 bridgehead atoms. The topological polar surface area (TPSA) is 71.0 Å². The predicted octanol–water partition coefficient (Wildman–Crippen LogP) is 6.16. The Kier molecular flexibility index (Phi) is 9.71.